The third-order valence-electron chi connectivity index (χ3n) is 5.42. The predicted molar refractivity (Wildman–Crippen MR) is 121 cm³/mol. The summed E-state index contributed by atoms with van der Waals surface area (Å²) in [7, 11) is 0. The molecule has 1 N–H and O–H groups in total. The number of benzene rings is 1. The molecule has 31 heavy (non-hydrogen) atoms. The van der Waals surface area contributed by atoms with Crippen LogP contribution >= 0.6 is 22.9 Å². The molecule has 164 valence electrons. The number of anilines is 2. The molecule has 0 aliphatic carbocycles. The van der Waals surface area contributed by atoms with Crippen LogP contribution in [0.2, 0.25) is 5.02 Å². The number of carbonyl (C=O) groups is 3. The smallest absolute Gasteiger partial charge is 0.238 e. The molecule has 3 heterocycles. The van der Waals surface area contributed by atoms with E-state index in [1.807, 2.05) is 27.3 Å². The Balaban J connectivity index is 1.23. The van der Waals surface area contributed by atoms with Gasteiger partial charge in [-0.1, -0.05) is 23.7 Å². The Morgan fingerprint density at radius 1 is 1.13 bits per heavy atom. The van der Waals surface area contributed by atoms with Gasteiger partial charge in [0.25, 0.3) is 0 Å². The van der Waals surface area contributed by atoms with E-state index >= 15 is 0 Å². The predicted octanol–water partition coefficient (Wildman–Crippen LogP) is 2.25. The largest absolute Gasteiger partial charge is 0.340 e. The van der Waals surface area contributed by atoms with Crippen molar-refractivity contribution in [2.75, 3.05) is 49.5 Å². The maximum absolute atomic E-state index is 12.7. The fraction of sp³-hybridized carbons (Fsp3) is 0.429. The third-order valence-corrected chi connectivity index (χ3v) is 6.66. The summed E-state index contributed by atoms with van der Waals surface area (Å²) in [6.45, 7) is 3.36. The average molecular weight is 462 g/mol. The van der Waals surface area contributed by atoms with Crippen molar-refractivity contribution in [2.45, 2.75) is 19.3 Å². The second kappa shape index (κ2) is 9.76. The van der Waals surface area contributed by atoms with Gasteiger partial charge in [0.2, 0.25) is 17.7 Å². The van der Waals surface area contributed by atoms with Gasteiger partial charge in [0.05, 0.1) is 29.4 Å². The van der Waals surface area contributed by atoms with E-state index in [0.717, 1.165) is 6.42 Å². The van der Waals surface area contributed by atoms with Crippen molar-refractivity contribution in [2.24, 2.45) is 0 Å². The van der Waals surface area contributed by atoms with E-state index in [4.69, 9.17) is 11.6 Å². The molecule has 1 aromatic carbocycles. The Morgan fingerprint density at radius 2 is 1.90 bits per heavy atom. The molecule has 8 nitrogen and oxygen atoms in total. The number of nitrogens with one attached hydrogen (secondary N) is 1. The lowest BCUT2D eigenvalue weighted by molar-refractivity contribution is -0.132. The van der Waals surface area contributed by atoms with E-state index in [0.29, 0.717) is 60.7 Å². The van der Waals surface area contributed by atoms with Gasteiger partial charge < -0.3 is 10.2 Å². The van der Waals surface area contributed by atoms with Crippen molar-refractivity contribution in [1.29, 1.82) is 0 Å². The number of nitrogens with zero attached hydrogens (tertiary/aromatic N) is 4. The van der Waals surface area contributed by atoms with Gasteiger partial charge in [-0.2, -0.15) is 0 Å². The zero-order valence-electron chi connectivity index (χ0n) is 17.1. The highest BCUT2D eigenvalue weighted by molar-refractivity contribution is 7.14. The van der Waals surface area contributed by atoms with Crippen molar-refractivity contribution in [1.82, 2.24) is 14.8 Å². The third kappa shape index (κ3) is 5.41. The van der Waals surface area contributed by atoms with E-state index in [1.165, 1.54) is 11.3 Å². The second-order valence-electron chi connectivity index (χ2n) is 7.63. The molecule has 0 bridgehead atoms. The van der Waals surface area contributed by atoms with Gasteiger partial charge in [0, 0.05) is 44.5 Å². The Morgan fingerprint density at radius 3 is 2.61 bits per heavy atom. The maximum atomic E-state index is 12.7. The molecule has 2 fully saturated rings. The van der Waals surface area contributed by atoms with E-state index in [-0.39, 0.29) is 30.7 Å². The first-order chi connectivity index (χ1) is 15.0. The minimum Gasteiger partial charge on any atom is -0.340 e. The van der Waals surface area contributed by atoms with Crippen molar-refractivity contribution in [3.8, 4) is 0 Å². The van der Waals surface area contributed by atoms with Crippen LogP contribution in [0.3, 0.4) is 0 Å². The van der Waals surface area contributed by atoms with E-state index in [9.17, 15) is 14.4 Å². The molecule has 0 unspecified atom stereocenters. The van der Waals surface area contributed by atoms with Crippen LogP contribution in [0.1, 0.15) is 18.5 Å². The molecule has 10 heteroatoms. The summed E-state index contributed by atoms with van der Waals surface area (Å²) >= 11 is 7.49. The summed E-state index contributed by atoms with van der Waals surface area (Å²) in [6.07, 6.45) is 1.65. The zero-order valence-corrected chi connectivity index (χ0v) is 18.6. The monoisotopic (exact) mass is 461 g/mol. The molecule has 4 rings (SSSR count). The van der Waals surface area contributed by atoms with Crippen molar-refractivity contribution < 1.29 is 14.4 Å². The number of hydrogen-bond donors (Lipinski definition) is 1. The van der Waals surface area contributed by atoms with Gasteiger partial charge in [-0.3, -0.25) is 24.2 Å². The highest BCUT2D eigenvalue weighted by Crippen LogP contribution is 2.25. The van der Waals surface area contributed by atoms with Crippen LogP contribution in [0.5, 0.6) is 0 Å². The Labute approximate surface area is 189 Å². The van der Waals surface area contributed by atoms with Gasteiger partial charge >= 0.3 is 0 Å². The average Bonchev–Trinajstić information content (AvgIpc) is 3.38. The van der Waals surface area contributed by atoms with Crippen molar-refractivity contribution in [3.63, 3.8) is 0 Å². The summed E-state index contributed by atoms with van der Waals surface area (Å²) in [4.78, 5) is 46.8. The molecular formula is C21H24ClN5O3S. The van der Waals surface area contributed by atoms with Crippen LogP contribution in [-0.4, -0.2) is 71.8 Å². The first-order valence-corrected chi connectivity index (χ1v) is 11.5. The summed E-state index contributed by atoms with van der Waals surface area (Å²) in [5, 5.41) is 5.87. The number of hydrogen-bond acceptors (Lipinski definition) is 6. The molecule has 2 aliphatic heterocycles. The number of amides is 3. The van der Waals surface area contributed by atoms with Crippen LogP contribution in [0, 0.1) is 0 Å². The topological polar surface area (TPSA) is 85.9 Å². The number of thiazole rings is 1. The number of rotatable bonds is 6. The van der Waals surface area contributed by atoms with Crippen LogP contribution in [0.15, 0.2) is 29.6 Å². The summed E-state index contributed by atoms with van der Waals surface area (Å²) in [6, 6.07) is 7.13. The molecule has 0 radical (unpaired) electrons. The van der Waals surface area contributed by atoms with Crippen molar-refractivity contribution >= 4 is 51.5 Å². The maximum Gasteiger partial charge on any atom is 0.238 e. The van der Waals surface area contributed by atoms with Gasteiger partial charge in [0.1, 0.15) is 0 Å². The van der Waals surface area contributed by atoms with Crippen LogP contribution < -0.4 is 10.2 Å². The van der Waals surface area contributed by atoms with Crippen molar-refractivity contribution in [3.05, 3.63) is 40.4 Å². The number of para-hydroxylation sites is 1. The molecule has 2 saturated heterocycles. The molecule has 2 aliphatic rings. The fourth-order valence-electron chi connectivity index (χ4n) is 3.73. The SMILES string of the molecule is O=C(CN1CCN(C(=O)Cc2csc(N3CCCC3=O)n2)CC1)Nc1ccccc1Cl. The molecule has 3 amide bonds. The number of piperazine rings is 1. The molecule has 0 atom stereocenters. The van der Waals surface area contributed by atoms with Crippen LogP contribution in [0.25, 0.3) is 0 Å². The standard InChI is InChI=1S/C21H24ClN5O3S/c22-16-4-1-2-5-17(16)24-18(28)13-25-8-10-26(11-9-25)20(30)12-15-14-31-21(23-15)27-7-3-6-19(27)29/h1-2,4-5,14H,3,6-13H2,(H,24,28). The summed E-state index contributed by atoms with van der Waals surface area (Å²) < 4.78 is 0. The van der Waals surface area contributed by atoms with Gasteiger partial charge in [-0.05, 0) is 18.6 Å². The molecule has 0 saturated carbocycles. The fourth-order valence-corrected chi connectivity index (χ4v) is 4.78. The molecule has 0 spiro atoms. The lowest BCUT2D eigenvalue weighted by Gasteiger charge is -2.34. The van der Waals surface area contributed by atoms with Crippen LogP contribution in [0.4, 0.5) is 10.8 Å². The highest BCUT2D eigenvalue weighted by Gasteiger charge is 2.26. The Kier molecular flexibility index (Phi) is 6.84. The molecule has 1 aromatic heterocycles. The molecule has 2 aromatic rings. The zero-order chi connectivity index (χ0) is 21.8. The van der Waals surface area contributed by atoms with Gasteiger partial charge in [-0.15, -0.1) is 11.3 Å². The lowest BCUT2D eigenvalue weighted by Crippen LogP contribution is -2.50. The normalized spacial score (nSPS) is 17.3. The highest BCUT2D eigenvalue weighted by atomic mass is 35.5. The molecular weight excluding hydrogens is 438 g/mol. The van der Waals surface area contributed by atoms with E-state index in [2.05, 4.69) is 10.3 Å². The van der Waals surface area contributed by atoms with E-state index < -0.39 is 0 Å². The quantitative estimate of drug-likeness (QED) is 0.713. The lowest BCUT2D eigenvalue weighted by atomic mass is 10.2. The number of carbonyl (C=O) groups excluding carboxylic acids is 3. The first-order valence-electron chi connectivity index (χ1n) is 10.3. The minimum absolute atomic E-state index is 0.0183. The first kappa shape index (κ1) is 21.7. The summed E-state index contributed by atoms with van der Waals surface area (Å²) in [5.41, 5.74) is 1.30. The number of halogens is 1. The minimum atomic E-state index is -0.126. The van der Waals surface area contributed by atoms with E-state index in [1.54, 1.807) is 17.0 Å². The Bertz CT molecular complexity index is 973. The van der Waals surface area contributed by atoms with Gasteiger partial charge in [-0.25, -0.2) is 4.98 Å². The Hall–Kier alpha value is -2.49. The summed E-state index contributed by atoms with van der Waals surface area (Å²) in [5.74, 6) is -0.00831. The van der Waals surface area contributed by atoms with Crippen LogP contribution in [-0.2, 0) is 20.8 Å². The van der Waals surface area contributed by atoms with Gasteiger partial charge in [0.15, 0.2) is 5.13 Å². The number of aromatic nitrogens is 1. The second-order valence-corrected chi connectivity index (χ2v) is 8.88.